The molecule has 0 radical (unpaired) electrons. The van der Waals surface area contributed by atoms with Gasteiger partial charge >= 0.3 is 0 Å². The lowest BCUT2D eigenvalue weighted by Crippen LogP contribution is -1.68. The molecule has 0 amide bonds. The molecule has 0 aromatic carbocycles. The fraction of sp³-hybridized carbons (Fsp3) is 0. The number of nitrogens with zero attached hydrogens (tertiary/aromatic N) is 1. The predicted molar refractivity (Wildman–Crippen MR) is 47.5 cm³/mol. The van der Waals surface area contributed by atoms with Crippen LogP contribution in [-0.4, -0.2) is 5.16 Å². The highest BCUT2D eigenvalue weighted by Crippen LogP contribution is 2.27. The van der Waals surface area contributed by atoms with Gasteiger partial charge in [-0.1, -0.05) is 5.16 Å². The quantitative estimate of drug-likeness (QED) is 0.751. The minimum Gasteiger partial charge on any atom is -0.364 e. The maximum atomic E-state index is 4.72. The number of hydrogen-bond donors (Lipinski definition) is 0. The minimum absolute atomic E-state index is 0.881. The second kappa shape index (κ2) is 2.79. The van der Waals surface area contributed by atoms with Crippen LogP contribution >= 0.6 is 27.3 Å². The summed E-state index contributed by atoms with van der Waals surface area (Å²) in [5, 5.41) is 5.84. The van der Waals surface area contributed by atoms with Gasteiger partial charge in [0.05, 0.1) is 3.79 Å². The van der Waals surface area contributed by atoms with Crippen molar-refractivity contribution in [2.24, 2.45) is 0 Å². The molecule has 2 nitrogen and oxygen atoms in total. The van der Waals surface area contributed by atoms with E-state index >= 15 is 0 Å². The molecule has 2 aromatic heterocycles. The van der Waals surface area contributed by atoms with Crippen molar-refractivity contribution in [3.63, 3.8) is 0 Å². The summed E-state index contributed by atoms with van der Waals surface area (Å²) in [6, 6.07) is 3.86. The average Bonchev–Trinajstić information content (AvgIpc) is 2.55. The largest absolute Gasteiger partial charge is 0.364 e. The summed E-state index contributed by atoms with van der Waals surface area (Å²) in [6.45, 7) is 0. The molecule has 0 N–H and O–H groups in total. The summed E-state index contributed by atoms with van der Waals surface area (Å²) in [5.41, 5.74) is 1.97. The Balaban J connectivity index is 2.45. The van der Waals surface area contributed by atoms with Gasteiger partial charge in [-0.15, -0.1) is 11.3 Å². The normalized spacial score (nSPS) is 10.3. The van der Waals surface area contributed by atoms with Crippen LogP contribution in [0.5, 0.6) is 0 Å². The maximum absolute atomic E-state index is 4.72. The zero-order chi connectivity index (χ0) is 7.68. The summed E-state index contributed by atoms with van der Waals surface area (Å²) in [6.07, 6.45) is 1.57. The topological polar surface area (TPSA) is 26.0 Å². The van der Waals surface area contributed by atoms with Gasteiger partial charge in [0, 0.05) is 17.0 Å². The molecule has 11 heavy (non-hydrogen) atoms. The van der Waals surface area contributed by atoms with Gasteiger partial charge in [0.1, 0.15) is 12.0 Å². The molecule has 0 aliphatic heterocycles. The summed E-state index contributed by atoms with van der Waals surface area (Å²) >= 11 is 5.02. The van der Waals surface area contributed by atoms with Crippen LogP contribution in [0.4, 0.5) is 0 Å². The molecule has 56 valence electrons. The second-order valence-electron chi connectivity index (χ2n) is 2.02. The van der Waals surface area contributed by atoms with E-state index < -0.39 is 0 Å². The third-order valence-corrected chi connectivity index (χ3v) is 2.81. The van der Waals surface area contributed by atoms with Gasteiger partial charge in [0.25, 0.3) is 0 Å². The number of rotatable bonds is 1. The van der Waals surface area contributed by atoms with Crippen molar-refractivity contribution in [1.29, 1.82) is 0 Å². The van der Waals surface area contributed by atoms with Gasteiger partial charge in [-0.2, -0.15) is 0 Å². The molecule has 0 atom stereocenters. The van der Waals surface area contributed by atoms with E-state index in [0.29, 0.717) is 0 Å². The zero-order valence-corrected chi connectivity index (χ0v) is 7.85. The Morgan fingerprint density at radius 3 is 3.00 bits per heavy atom. The van der Waals surface area contributed by atoms with E-state index in [9.17, 15) is 0 Å². The van der Waals surface area contributed by atoms with E-state index in [0.717, 1.165) is 15.0 Å². The highest BCUT2D eigenvalue weighted by Gasteiger charge is 2.02. The highest BCUT2D eigenvalue weighted by molar-refractivity contribution is 9.11. The Hall–Kier alpha value is -0.610. The van der Waals surface area contributed by atoms with Crippen molar-refractivity contribution in [2.75, 3.05) is 0 Å². The molecule has 2 aromatic rings. The van der Waals surface area contributed by atoms with Gasteiger partial charge in [0.15, 0.2) is 0 Å². The monoisotopic (exact) mass is 229 g/mol. The molecule has 0 spiro atoms. The molecule has 2 rings (SSSR count). The van der Waals surface area contributed by atoms with Crippen molar-refractivity contribution in [1.82, 2.24) is 5.16 Å². The van der Waals surface area contributed by atoms with E-state index in [-0.39, 0.29) is 0 Å². The lowest BCUT2D eigenvalue weighted by molar-refractivity contribution is 0.422. The minimum atomic E-state index is 0.881. The first-order chi connectivity index (χ1) is 5.36. The highest BCUT2D eigenvalue weighted by atomic mass is 79.9. The molecular formula is C7H4BrNOS. The summed E-state index contributed by atoms with van der Waals surface area (Å²) in [5.74, 6) is 0. The molecule has 0 saturated carbocycles. The first kappa shape index (κ1) is 7.06. The van der Waals surface area contributed by atoms with E-state index in [1.165, 1.54) is 0 Å². The Morgan fingerprint density at radius 2 is 2.45 bits per heavy atom. The number of aromatic nitrogens is 1. The zero-order valence-electron chi connectivity index (χ0n) is 5.45. The molecule has 4 heteroatoms. The lowest BCUT2D eigenvalue weighted by atomic mass is 10.2. The summed E-state index contributed by atoms with van der Waals surface area (Å²) in [4.78, 5) is 0. The summed E-state index contributed by atoms with van der Waals surface area (Å²) < 4.78 is 5.82. The van der Waals surface area contributed by atoms with Gasteiger partial charge in [0.2, 0.25) is 0 Å². The Bertz CT molecular complexity index is 341. The van der Waals surface area contributed by atoms with Crippen LogP contribution in [0.1, 0.15) is 0 Å². The number of thiophene rings is 1. The molecule has 2 heterocycles. The fourth-order valence-corrected chi connectivity index (χ4v) is 1.96. The van der Waals surface area contributed by atoms with E-state index in [2.05, 4.69) is 21.1 Å². The Labute approximate surface area is 76.0 Å². The maximum Gasteiger partial charge on any atom is 0.124 e. The summed E-state index contributed by atoms with van der Waals surface area (Å²) in [7, 11) is 0. The van der Waals surface area contributed by atoms with Gasteiger partial charge in [-0.3, -0.25) is 0 Å². The predicted octanol–water partition coefficient (Wildman–Crippen LogP) is 3.17. The molecule has 0 fully saturated rings. The lowest BCUT2D eigenvalue weighted by Gasteiger charge is -1.82. The van der Waals surface area contributed by atoms with Crippen LogP contribution in [0.3, 0.4) is 0 Å². The van der Waals surface area contributed by atoms with Crippen LogP contribution in [0, 0.1) is 0 Å². The Morgan fingerprint density at radius 1 is 1.55 bits per heavy atom. The van der Waals surface area contributed by atoms with E-state index in [1.54, 1.807) is 17.6 Å². The van der Waals surface area contributed by atoms with Gasteiger partial charge in [-0.25, -0.2) is 0 Å². The SMILES string of the molecule is Brc1cc(-c2ccon2)cs1. The molecule has 0 saturated heterocycles. The smallest absolute Gasteiger partial charge is 0.124 e. The van der Waals surface area contributed by atoms with Crippen LogP contribution in [-0.2, 0) is 0 Å². The van der Waals surface area contributed by atoms with Crippen molar-refractivity contribution >= 4 is 27.3 Å². The first-order valence-electron chi connectivity index (χ1n) is 3.01. The first-order valence-corrected chi connectivity index (χ1v) is 4.68. The van der Waals surface area contributed by atoms with Crippen LogP contribution in [0.15, 0.2) is 32.1 Å². The average molecular weight is 230 g/mol. The third-order valence-electron chi connectivity index (χ3n) is 1.30. The molecule has 0 aliphatic rings. The van der Waals surface area contributed by atoms with E-state index in [4.69, 9.17) is 4.52 Å². The van der Waals surface area contributed by atoms with Crippen molar-refractivity contribution < 1.29 is 4.52 Å². The Kier molecular flexibility index (Phi) is 1.79. The van der Waals surface area contributed by atoms with Crippen molar-refractivity contribution in [3.05, 3.63) is 27.6 Å². The van der Waals surface area contributed by atoms with Crippen LogP contribution in [0.25, 0.3) is 11.3 Å². The van der Waals surface area contributed by atoms with Crippen molar-refractivity contribution in [3.8, 4) is 11.3 Å². The number of halogens is 1. The molecule has 0 bridgehead atoms. The molecular weight excluding hydrogens is 226 g/mol. The molecule has 0 aliphatic carbocycles. The number of hydrogen-bond acceptors (Lipinski definition) is 3. The van der Waals surface area contributed by atoms with Crippen molar-refractivity contribution in [2.45, 2.75) is 0 Å². The second-order valence-corrected chi connectivity index (χ2v) is 4.31. The van der Waals surface area contributed by atoms with E-state index in [1.807, 2.05) is 17.5 Å². The molecule has 0 unspecified atom stereocenters. The van der Waals surface area contributed by atoms with Crippen LogP contribution < -0.4 is 0 Å². The van der Waals surface area contributed by atoms with Gasteiger partial charge in [-0.05, 0) is 22.0 Å². The standard InChI is InChI=1S/C7H4BrNOS/c8-7-3-5(4-11-7)6-1-2-10-9-6/h1-4H. The van der Waals surface area contributed by atoms with Crippen LogP contribution in [0.2, 0.25) is 0 Å². The fourth-order valence-electron chi connectivity index (χ4n) is 0.806. The third kappa shape index (κ3) is 1.36. The van der Waals surface area contributed by atoms with Gasteiger partial charge < -0.3 is 4.52 Å².